The standard InChI is InChI=1S/C19H24O4/c1-3-11-21-13-15(20)14-23-19-10-9-18(22-12-4-2)16-7-5-6-8-17(16)19/h3,5-10,15,20H,1,4,11-14H2,2H3. The van der Waals surface area contributed by atoms with Crippen molar-refractivity contribution in [2.45, 2.75) is 19.4 Å². The van der Waals surface area contributed by atoms with E-state index in [4.69, 9.17) is 14.2 Å². The lowest BCUT2D eigenvalue weighted by molar-refractivity contribution is 0.0217. The highest BCUT2D eigenvalue weighted by atomic mass is 16.5. The minimum Gasteiger partial charge on any atom is -0.493 e. The fraction of sp³-hybridized carbons (Fsp3) is 0.368. The van der Waals surface area contributed by atoms with E-state index >= 15 is 0 Å². The molecule has 0 bridgehead atoms. The van der Waals surface area contributed by atoms with Gasteiger partial charge < -0.3 is 19.3 Å². The van der Waals surface area contributed by atoms with Crippen LogP contribution >= 0.6 is 0 Å². The smallest absolute Gasteiger partial charge is 0.127 e. The Morgan fingerprint density at radius 1 is 1.04 bits per heavy atom. The molecule has 124 valence electrons. The van der Waals surface area contributed by atoms with Crippen molar-refractivity contribution in [3.63, 3.8) is 0 Å². The number of rotatable bonds is 10. The van der Waals surface area contributed by atoms with E-state index in [9.17, 15) is 5.11 Å². The van der Waals surface area contributed by atoms with Gasteiger partial charge in [-0.25, -0.2) is 0 Å². The molecule has 2 aromatic rings. The molecule has 0 saturated carbocycles. The van der Waals surface area contributed by atoms with Gasteiger partial charge >= 0.3 is 0 Å². The molecule has 4 nitrogen and oxygen atoms in total. The first-order chi connectivity index (χ1) is 11.3. The number of hydrogen-bond donors (Lipinski definition) is 1. The summed E-state index contributed by atoms with van der Waals surface area (Å²) >= 11 is 0. The van der Waals surface area contributed by atoms with Crippen LogP contribution in [0.2, 0.25) is 0 Å². The summed E-state index contributed by atoms with van der Waals surface area (Å²) in [4.78, 5) is 0. The molecule has 0 aliphatic carbocycles. The van der Waals surface area contributed by atoms with Gasteiger partial charge in [-0.1, -0.05) is 37.3 Å². The van der Waals surface area contributed by atoms with Crippen LogP contribution in [0, 0.1) is 0 Å². The average Bonchev–Trinajstić information content (AvgIpc) is 2.58. The van der Waals surface area contributed by atoms with Crippen molar-refractivity contribution in [1.82, 2.24) is 0 Å². The van der Waals surface area contributed by atoms with Gasteiger partial charge in [0, 0.05) is 10.8 Å². The SMILES string of the molecule is C=CCOCC(O)COc1ccc(OCCC)c2ccccc12. The normalized spacial score (nSPS) is 12.1. The van der Waals surface area contributed by atoms with Gasteiger partial charge in [-0.3, -0.25) is 0 Å². The molecule has 23 heavy (non-hydrogen) atoms. The van der Waals surface area contributed by atoms with Crippen LogP contribution in [-0.4, -0.2) is 37.6 Å². The second kappa shape index (κ2) is 9.18. The topological polar surface area (TPSA) is 47.9 Å². The van der Waals surface area contributed by atoms with Gasteiger partial charge in [-0.05, 0) is 18.6 Å². The molecule has 0 amide bonds. The van der Waals surface area contributed by atoms with E-state index in [1.165, 1.54) is 0 Å². The summed E-state index contributed by atoms with van der Waals surface area (Å²) in [6.07, 6.45) is 1.93. The summed E-state index contributed by atoms with van der Waals surface area (Å²) in [5, 5.41) is 11.9. The second-order valence-electron chi connectivity index (χ2n) is 5.25. The third kappa shape index (κ3) is 4.98. The summed E-state index contributed by atoms with van der Waals surface area (Å²) in [7, 11) is 0. The summed E-state index contributed by atoms with van der Waals surface area (Å²) in [5.74, 6) is 1.58. The number of ether oxygens (including phenoxy) is 3. The highest BCUT2D eigenvalue weighted by molar-refractivity contribution is 5.93. The highest BCUT2D eigenvalue weighted by Gasteiger charge is 2.10. The van der Waals surface area contributed by atoms with Gasteiger partial charge in [0.1, 0.15) is 24.2 Å². The molecule has 1 unspecified atom stereocenters. The Labute approximate surface area is 137 Å². The molecule has 1 atom stereocenters. The van der Waals surface area contributed by atoms with E-state index in [0.29, 0.717) is 13.2 Å². The zero-order valence-corrected chi connectivity index (χ0v) is 13.5. The molecular formula is C19H24O4. The zero-order valence-electron chi connectivity index (χ0n) is 13.5. The van der Waals surface area contributed by atoms with Gasteiger partial charge in [-0.15, -0.1) is 6.58 Å². The fourth-order valence-electron chi connectivity index (χ4n) is 2.23. The molecule has 4 heteroatoms. The predicted octanol–water partition coefficient (Wildman–Crippen LogP) is 3.57. The lowest BCUT2D eigenvalue weighted by Crippen LogP contribution is -2.23. The fourth-order valence-corrected chi connectivity index (χ4v) is 2.23. The van der Waals surface area contributed by atoms with Crippen LogP contribution in [0.4, 0.5) is 0 Å². The molecule has 0 aliphatic rings. The first-order valence-corrected chi connectivity index (χ1v) is 7.90. The number of benzene rings is 2. The molecule has 0 saturated heterocycles. The maximum absolute atomic E-state index is 9.87. The second-order valence-corrected chi connectivity index (χ2v) is 5.25. The van der Waals surface area contributed by atoms with E-state index in [1.54, 1.807) is 6.08 Å². The van der Waals surface area contributed by atoms with Gasteiger partial charge in [0.2, 0.25) is 0 Å². The van der Waals surface area contributed by atoms with Crippen LogP contribution in [0.5, 0.6) is 11.5 Å². The summed E-state index contributed by atoms with van der Waals surface area (Å²) in [5.41, 5.74) is 0. The number of fused-ring (bicyclic) bond motifs is 1. The Balaban J connectivity index is 2.07. The van der Waals surface area contributed by atoms with E-state index in [-0.39, 0.29) is 13.2 Å². The molecule has 0 spiro atoms. The van der Waals surface area contributed by atoms with Crippen LogP contribution in [0.3, 0.4) is 0 Å². The van der Waals surface area contributed by atoms with Crippen LogP contribution in [0.15, 0.2) is 49.1 Å². The first-order valence-electron chi connectivity index (χ1n) is 7.90. The molecular weight excluding hydrogens is 292 g/mol. The minimum atomic E-state index is -0.676. The van der Waals surface area contributed by atoms with E-state index in [2.05, 4.69) is 13.5 Å². The Hall–Kier alpha value is -2.04. The lowest BCUT2D eigenvalue weighted by Gasteiger charge is -2.15. The van der Waals surface area contributed by atoms with Crippen molar-refractivity contribution in [2.24, 2.45) is 0 Å². The molecule has 0 aromatic heterocycles. The molecule has 2 aromatic carbocycles. The van der Waals surface area contributed by atoms with Crippen molar-refractivity contribution in [2.75, 3.05) is 26.4 Å². The van der Waals surface area contributed by atoms with Crippen molar-refractivity contribution >= 4 is 10.8 Å². The summed E-state index contributed by atoms with van der Waals surface area (Å²) in [6.45, 7) is 7.15. The third-order valence-corrected chi connectivity index (χ3v) is 3.28. The molecule has 0 radical (unpaired) electrons. The maximum Gasteiger partial charge on any atom is 0.127 e. The third-order valence-electron chi connectivity index (χ3n) is 3.28. The van der Waals surface area contributed by atoms with Crippen LogP contribution < -0.4 is 9.47 Å². The molecule has 0 aliphatic heterocycles. The van der Waals surface area contributed by atoms with Gasteiger partial charge in [0.25, 0.3) is 0 Å². The van der Waals surface area contributed by atoms with Crippen molar-refractivity contribution < 1.29 is 19.3 Å². The number of hydrogen-bond acceptors (Lipinski definition) is 4. The summed E-state index contributed by atoms with van der Waals surface area (Å²) < 4.78 is 16.8. The Morgan fingerprint density at radius 3 is 2.30 bits per heavy atom. The number of aliphatic hydroxyl groups is 1. The van der Waals surface area contributed by atoms with Gasteiger partial charge in [0.05, 0.1) is 19.8 Å². The molecule has 1 N–H and O–H groups in total. The van der Waals surface area contributed by atoms with Crippen LogP contribution in [0.1, 0.15) is 13.3 Å². The van der Waals surface area contributed by atoms with Crippen LogP contribution in [-0.2, 0) is 4.74 Å². The monoisotopic (exact) mass is 316 g/mol. The molecule has 0 fully saturated rings. The van der Waals surface area contributed by atoms with Crippen molar-refractivity contribution in [3.05, 3.63) is 49.1 Å². The first kappa shape index (κ1) is 17.3. The van der Waals surface area contributed by atoms with Crippen LogP contribution in [0.25, 0.3) is 10.8 Å². The molecule has 0 heterocycles. The van der Waals surface area contributed by atoms with Gasteiger partial charge in [0.15, 0.2) is 0 Å². The van der Waals surface area contributed by atoms with Crippen molar-refractivity contribution in [3.8, 4) is 11.5 Å². The maximum atomic E-state index is 9.87. The Bertz CT molecular complexity index is 624. The zero-order chi connectivity index (χ0) is 16.5. The quantitative estimate of drug-likeness (QED) is 0.538. The van der Waals surface area contributed by atoms with E-state index in [1.807, 2.05) is 36.4 Å². The van der Waals surface area contributed by atoms with Crippen molar-refractivity contribution in [1.29, 1.82) is 0 Å². The highest BCUT2D eigenvalue weighted by Crippen LogP contribution is 2.33. The van der Waals surface area contributed by atoms with Gasteiger partial charge in [-0.2, -0.15) is 0 Å². The Morgan fingerprint density at radius 2 is 1.70 bits per heavy atom. The van der Waals surface area contributed by atoms with E-state index in [0.717, 1.165) is 28.7 Å². The molecule has 2 rings (SSSR count). The number of aliphatic hydroxyl groups excluding tert-OH is 1. The predicted molar refractivity (Wildman–Crippen MR) is 92.3 cm³/mol. The minimum absolute atomic E-state index is 0.177. The average molecular weight is 316 g/mol. The largest absolute Gasteiger partial charge is 0.493 e. The summed E-state index contributed by atoms with van der Waals surface area (Å²) in [6, 6.07) is 11.7. The Kier molecular flexibility index (Phi) is 6.91. The lowest BCUT2D eigenvalue weighted by atomic mass is 10.1. The van der Waals surface area contributed by atoms with E-state index < -0.39 is 6.10 Å².